The third-order valence-corrected chi connectivity index (χ3v) is 3.91. The molecule has 0 atom stereocenters. The van der Waals surface area contributed by atoms with Crippen LogP contribution >= 0.6 is 11.8 Å². The molecule has 0 unspecified atom stereocenters. The summed E-state index contributed by atoms with van der Waals surface area (Å²) in [4.78, 5) is 24.1. The van der Waals surface area contributed by atoms with Crippen LogP contribution in [0.5, 0.6) is 0 Å². The number of carbonyl (C=O) groups excluding carboxylic acids is 1. The molecule has 2 aromatic rings. The first-order valence-corrected chi connectivity index (χ1v) is 7.60. The number of nitrogens with zero attached hydrogens (tertiary/aromatic N) is 1. The Hall–Kier alpha value is -2.28. The molecular weight excluding hydrogens is 307 g/mol. The average Bonchev–Trinajstić information content (AvgIpc) is 2.53. The molecule has 0 aliphatic rings. The number of thioether (sulfide) groups is 1. The number of esters is 1. The van der Waals surface area contributed by atoms with Crippen molar-refractivity contribution in [1.82, 2.24) is 4.57 Å². The van der Waals surface area contributed by atoms with E-state index in [-0.39, 0.29) is 22.6 Å². The van der Waals surface area contributed by atoms with Gasteiger partial charge in [0.05, 0.1) is 12.8 Å². The lowest BCUT2D eigenvalue weighted by Gasteiger charge is -2.15. The zero-order valence-electron chi connectivity index (χ0n) is 12.3. The Morgan fingerprint density at radius 3 is 2.68 bits per heavy atom. The maximum Gasteiger partial charge on any atom is 0.341 e. The molecule has 5 nitrogen and oxygen atoms in total. The van der Waals surface area contributed by atoms with E-state index in [1.165, 1.54) is 48.7 Å². The molecule has 0 aliphatic carbocycles. The van der Waals surface area contributed by atoms with E-state index in [0.29, 0.717) is 4.90 Å². The molecule has 1 aromatic carbocycles. The van der Waals surface area contributed by atoms with Gasteiger partial charge in [0.25, 0.3) is 5.56 Å². The van der Waals surface area contributed by atoms with Crippen molar-refractivity contribution in [3.05, 3.63) is 52.1 Å². The molecule has 0 saturated heterocycles. The third-order valence-electron chi connectivity index (χ3n) is 3.16. The number of hydrogen-bond donors (Lipinski definition) is 1. The summed E-state index contributed by atoms with van der Waals surface area (Å²) in [5, 5.41) is 2.81. The zero-order valence-corrected chi connectivity index (χ0v) is 13.2. The highest BCUT2D eigenvalue weighted by molar-refractivity contribution is 7.98. The second-order valence-electron chi connectivity index (χ2n) is 4.43. The normalized spacial score (nSPS) is 10.4. The lowest BCUT2D eigenvalue weighted by molar-refractivity contribution is 0.0601. The standard InChI is InChI=1S/C15H15FN2O3S/c1-18-12(19)8-7-9(15(20)21-2)14(18)17-10-5-4-6-11(22-3)13(10)16/h4-8,17H,1-3H3. The van der Waals surface area contributed by atoms with Crippen molar-refractivity contribution < 1.29 is 13.9 Å². The van der Waals surface area contributed by atoms with E-state index < -0.39 is 11.8 Å². The summed E-state index contributed by atoms with van der Waals surface area (Å²) in [6.45, 7) is 0. The van der Waals surface area contributed by atoms with E-state index in [2.05, 4.69) is 5.32 Å². The summed E-state index contributed by atoms with van der Waals surface area (Å²) >= 11 is 1.27. The maximum atomic E-state index is 14.3. The number of benzene rings is 1. The van der Waals surface area contributed by atoms with Gasteiger partial charge in [-0.15, -0.1) is 11.8 Å². The molecule has 1 aromatic heterocycles. The predicted molar refractivity (Wildman–Crippen MR) is 84.5 cm³/mol. The van der Waals surface area contributed by atoms with E-state index in [4.69, 9.17) is 4.74 Å². The third kappa shape index (κ3) is 2.99. The molecule has 2 rings (SSSR count). The van der Waals surface area contributed by atoms with Crippen molar-refractivity contribution in [1.29, 1.82) is 0 Å². The number of aromatic nitrogens is 1. The number of halogens is 1. The van der Waals surface area contributed by atoms with E-state index in [0.717, 1.165) is 0 Å². The molecular formula is C15H15FN2O3S. The number of carbonyl (C=O) groups is 1. The van der Waals surface area contributed by atoms with Gasteiger partial charge in [-0.05, 0) is 24.5 Å². The van der Waals surface area contributed by atoms with Crippen LogP contribution in [-0.2, 0) is 11.8 Å². The molecule has 0 aliphatic heterocycles. The van der Waals surface area contributed by atoms with E-state index in [9.17, 15) is 14.0 Å². The number of pyridine rings is 1. The Kier molecular flexibility index (Phi) is 4.87. The molecule has 116 valence electrons. The summed E-state index contributed by atoms with van der Waals surface area (Å²) in [6, 6.07) is 7.49. The van der Waals surface area contributed by atoms with Crippen LogP contribution in [0.3, 0.4) is 0 Å². The number of rotatable bonds is 4. The van der Waals surface area contributed by atoms with Gasteiger partial charge in [-0.3, -0.25) is 9.36 Å². The summed E-state index contributed by atoms with van der Waals surface area (Å²) in [5.74, 6) is -0.877. The van der Waals surface area contributed by atoms with Crippen LogP contribution in [0, 0.1) is 5.82 Å². The fourth-order valence-corrected chi connectivity index (χ4v) is 2.46. The van der Waals surface area contributed by atoms with Crippen LogP contribution in [0.1, 0.15) is 10.4 Å². The molecule has 0 radical (unpaired) electrons. The van der Waals surface area contributed by atoms with Crippen LogP contribution in [0.4, 0.5) is 15.9 Å². The van der Waals surface area contributed by atoms with Crippen LogP contribution < -0.4 is 10.9 Å². The first-order valence-electron chi connectivity index (χ1n) is 6.37. The largest absolute Gasteiger partial charge is 0.465 e. The molecule has 0 saturated carbocycles. The minimum Gasteiger partial charge on any atom is -0.465 e. The second kappa shape index (κ2) is 6.65. The fourth-order valence-electron chi connectivity index (χ4n) is 1.95. The minimum atomic E-state index is -0.612. The number of ether oxygens (including phenoxy) is 1. The van der Waals surface area contributed by atoms with E-state index >= 15 is 0 Å². The van der Waals surface area contributed by atoms with Gasteiger partial charge in [0.15, 0.2) is 5.82 Å². The van der Waals surface area contributed by atoms with Crippen molar-refractivity contribution in [3.63, 3.8) is 0 Å². The molecule has 22 heavy (non-hydrogen) atoms. The number of nitrogens with one attached hydrogen (secondary N) is 1. The Morgan fingerprint density at radius 1 is 1.32 bits per heavy atom. The Balaban J connectivity index is 2.56. The monoisotopic (exact) mass is 322 g/mol. The van der Waals surface area contributed by atoms with Gasteiger partial charge >= 0.3 is 5.97 Å². The molecule has 0 spiro atoms. The highest BCUT2D eigenvalue weighted by Gasteiger charge is 2.17. The second-order valence-corrected chi connectivity index (χ2v) is 5.28. The van der Waals surface area contributed by atoms with Crippen molar-refractivity contribution in [3.8, 4) is 0 Å². The minimum absolute atomic E-state index is 0.151. The quantitative estimate of drug-likeness (QED) is 0.693. The summed E-state index contributed by atoms with van der Waals surface area (Å²) < 4.78 is 20.2. The van der Waals surface area contributed by atoms with E-state index in [1.54, 1.807) is 18.4 Å². The number of anilines is 2. The summed E-state index contributed by atoms with van der Waals surface area (Å²) in [7, 11) is 2.74. The molecule has 0 amide bonds. The van der Waals surface area contributed by atoms with Crippen molar-refractivity contribution in [2.45, 2.75) is 4.90 Å². The lowest BCUT2D eigenvalue weighted by atomic mass is 10.2. The topological polar surface area (TPSA) is 60.3 Å². The molecule has 1 heterocycles. The van der Waals surface area contributed by atoms with Crippen LogP contribution in [-0.4, -0.2) is 23.9 Å². The highest BCUT2D eigenvalue weighted by atomic mass is 32.2. The van der Waals surface area contributed by atoms with Gasteiger partial charge in [-0.1, -0.05) is 6.07 Å². The Morgan fingerprint density at radius 2 is 2.05 bits per heavy atom. The van der Waals surface area contributed by atoms with Crippen LogP contribution in [0.2, 0.25) is 0 Å². The number of methoxy groups -OCH3 is 1. The van der Waals surface area contributed by atoms with Gasteiger partial charge < -0.3 is 10.1 Å². The Bertz CT molecular complexity index is 774. The fraction of sp³-hybridized carbons (Fsp3) is 0.200. The lowest BCUT2D eigenvalue weighted by Crippen LogP contribution is -2.22. The predicted octanol–water partition coefficient (Wildman–Crippen LogP) is 2.78. The first-order chi connectivity index (χ1) is 10.5. The average molecular weight is 322 g/mol. The Labute approximate surface area is 131 Å². The van der Waals surface area contributed by atoms with Gasteiger partial charge in [0, 0.05) is 18.0 Å². The SMILES string of the molecule is COC(=O)c1ccc(=O)n(C)c1Nc1cccc(SC)c1F. The van der Waals surface area contributed by atoms with Crippen molar-refractivity contribution >= 4 is 29.2 Å². The van der Waals surface area contributed by atoms with Gasteiger partial charge in [-0.2, -0.15) is 0 Å². The van der Waals surface area contributed by atoms with Crippen LogP contribution in [0.25, 0.3) is 0 Å². The van der Waals surface area contributed by atoms with Gasteiger partial charge in [0.2, 0.25) is 0 Å². The first kappa shape index (κ1) is 16.1. The summed E-state index contributed by atoms with van der Waals surface area (Å²) in [5.41, 5.74) is 0.00772. The van der Waals surface area contributed by atoms with Crippen LogP contribution in [0.15, 0.2) is 40.0 Å². The summed E-state index contributed by atoms with van der Waals surface area (Å²) in [6.07, 6.45) is 1.76. The van der Waals surface area contributed by atoms with E-state index in [1.807, 2.05) is 0 Å². The van der Waals surface area contributed by atoms with Gasteiger partial charge in [-0.25, -0.2) is 9.18 Å². The van der Waals surface area contributed by atoms with Gasteiger partial charge in [0.1, 0.15) is 11.4 Å². The smallest absolute Gasteiger partial charge is 0.341 e. The zero-order chi connectivity index (χ0) is 16.3. The van der Waals surface area contributed by atoms with Crippen molar-refractivity contribution in [2.75, 3.05) is 18.7 Å². The highest BCUT2D eigenvalue weighted by Crippen LogP contribution is 2.28. The number of hydrogen-bond acceptors (Lipinski definition) is 5. The molecule has 0 fully saturated rings. The molecule has 0 bridgehead atoms. The maximum absolute atomic E-state index is 14.3. The molecule has 7 heteroatoms. The molecule has 1 N–H and O–H groups in total. The van der Waals surface area contributed by atoms with Crippen molar-refractivity contribution in [2.24, 2.45) is 7.05 Å².